The van der Waals surface area contributed by atoms with Crippen LogP contribution in [0.3, 0.4) is 0 Å². The lowest BCUT2D eigenvalue weighted by Gasteiger charge is -2.12. The van der Waals surface area contributed by atoms with Gasteiger partial charge >= 0.3 is 0 Å². The molecule has 0 radical (unpaired) electrons. The highest BCUT2D eigenvalue weighted by Crippen LogP contribution is 2.37. The first-order chi connectivity index (χ1) is 17.0. The summed E-state index contributed by atoms with van der Waals surface area (Å²) in [6.45, 7) is 3.94. The molecule has 1 N–H and O–H groups in total. The zero-order chi connectivity index (χ0) is 24.5. The lowest BCUT2D eigenvalue weighted by molar-refractivity contribution is -0.113. The monoisotopic (exact) mass is 520 g/mol. The van der Waals surface area contributed by atoms with E-state index in [0.29, 0.717) is 31.6 Å². The molecule has 0 atom stereocenters. The van der Waals surface area contributed by atoms with Crippen LogP contribution in [0.1, 0.15) is 45.7 Å². The molecule has 1 aromatic carbocycles. The zero-order valence-electron chi connectivity index (χ0n) is 19.5. The number of rotatable bonds is 5. The summed E-state index contributed by atoms with van der Waals surface area (Å²) in [4.78, 5) is 34.2. The van der Waals surface area contributed by atoms with E-state index in [0.717, 1.165) is 41.7 Å². The normalized spacial score (nSPS) is 13.3. The Morgan fingerprint density at radius 2 is 1.94 bits per heavy atom. The number of nitriles is 1. The first-order valence-electron chi connectivity index (χ1n) is 11.5. The number of nitrogens with zero attached hydrogens (tertiary/aromatic N) is 3. The number of anilines is 1. The predicted octanol–water partition coefficient (Wildman–Crippen LogP) is 6.00. The summed E-state index contributed by atoms with van der Waals surface area (Å²) < 4.78 is 1.59. The van der Waals surface area contributed by atoms with Gasteiger partial charge in [-0.2, -0.15) is 5.26 Å². The van der Waals surface area contributed by atoms with Crippen LogP contribution in [0.2, 0.25) is 0 Å². The minimum Gasteiger partial charge on any atom is -0.316 e. The number of hydrogen-bond acceptors (Lipinski definition) is 7. The van der Waals surface area contributed by atoms with Gasteiger partial charge in [0, 0.05) is 9.75 Å². The van der Waals surface area contributed by atoms with Gasteiger partial charge in [0.1, 0.15) is 15.9 Å². The SMILES string of the molecule is Cc1sc2nc(SCC(=O)Nc3sc4c(c3C#N)CCCCC4)n(-c3ccccc3)c(=O)c2c1C. The van der Waals surface area contributed by atoms with Crippen molar-refractivity contribution < 1.29 is 4.79 Å². The molecule has 6 nitrogen and oxygen atoms in total. The number of benzene rings is 1. The summed E-state index contributed by atoms with van der Waals surface area (Å²) in [7, 11) is 0. The van der Waals surface area contributed by atoms with Gasteiger partial charge in [0.25, 0.3) is 5.56 Å². The fraction of sp³-hybridized carbons (Fsp3) is 0.308. The molecule has 0 saturated carbocycles. The van der Waals surface area contributed by atoms with E-state index in [4.69, 9.17) is 4.98 Å². The average Bonchev–Trinajstić information content (AvgIpc) is 3.21. The fourth-order valence-corrected chi connectivity index (χ4v) is 7.56. The molecular weight excluding hydrogens is 497 g/mol. The van der Waals surface area contributed by atoms with Crippen LogP contribution in [0, 0.1) is 25.2 Å². The van der Waals surface area contributed by atoms with E-state index in [-0.39, 0.29) is 17.2 Å². The van der Waals surface area contributed by atoms with Crippen LogP contribution in [0.4, 0.5) is 5.00 Å². The topological polar surface area (TPSA) is 87.8 Å². The maximum atomic E-state index is 13.5. The van der Waals surface area contributed by atoms with Crippen molar-refractivity contribution in [2.24, 2.45) is 0 Å². The van der Waals surface area contributed by atoms with E-state index in [1.54, 1.807) is 4.57 Å². The highest BCUT2D eigenvalue weighted by molar-refractivity contribution is 7.99. The molecule has 0 unspecified atom stereocenters. The van der Waals surface area contributed by atoms with Crippen molar-refractivity contribution in [2.75, 3.05) is 11.1 Å². The zero-order valence-corrected chi connectivity index (χ0v) is 22.0. The summed E-state index contributed by atoms with van der Waals surface area (Å²) in [5.74, 6) is -0.128. The largest absolute Gasteiger partial charge is 0.316 e. The van der Waals surface area contributed by atoms with E-state index in [1.165, 1.54) is 45.7 Å². The maximum absolute atomic E-state index is 13.5. The van der Waals surface area contributed by atoms with Gasteiger partial charge in [0.15, 0.2) is 5.16 Å². The molecule has 3 aromatic heterocycles. The second-order valence-corrected chi connectivity index (χ2v) is 11.8. The Hall–Kier alpha value is -2.93. The van der Waals surface area contributed by atoms with Crippen molar-refractivity contribution in [3.05, 3.63) is 67.1 Å². The van der Waals surface area contributed by atoms with Crippen LogP contribution >= 0.6 is 34.4 Å². The summed E-state index contributed by atoms with van der Waals surface area (Å²) in [6.07, 6.45) is 5.23. The Bertz CT molecular complexity index is 1530. The molecule has 3 heterocycles. The first-order valence-corrected chi connectivity index (χ1v) is 14.1. The number of fused-ring (bicyclic) bond motifs is 2. The van der Waals surface area contributed by atoms with Gasteiger partial charge in [-0.1, -0.05) is 36.4 Å². The number of hydrogen-bond donors (Lipinski definition) is 1. The maximum Gasteiger partial charge on any atom is 0.267 e. The predicted molar refractivity (Wildman–Crippen MR) is 144 cm³/mol. The molecule has 0 aliphatic heterocycles. The standard InChI is InChI=1S/C26H24N4O2S3/c1-15-16(2)34-24-22(15)25(32)30(17-9-5-3-6-10-17)26(29-24)33-14-21(31)28-23-19(13-27)18-11-7-4-8-12-20(18)35-23/h3,5-6,9-10H,4,7-8,11-12,14H2,1-2H3,(H,28,31). The summed E-state index contributed by atoms with van der Waals surface area (Å²) in [5, 5.41) is 14.4. The third-order valence-electron chi connectivity index (χ3n) is 6.30. The van der Waals surface area contributed by atoms with Gasteiger partial charge in [-0.15, -0.1) is 22.7 Å². The molecule has 1 amide bonds. The Morgan fingerprint density at radius 1 is 1.17 bits per heavy atom. The quantitative estimate of drug-likeness (QED) is 0.198. The van der Waals surface area contributed by atoms with Crippen LogP contribution in [0.15, 0.2) is 40.3 Å². The Morgan fingerprint density at radius 3 is 2.71 bits per heavy atom. The van der Waals surface area contributed by atoms with Gasteiger partial charge in [0.05, 0.1) is 22.4 Å². The lowest BCUT2D eigenvalue weighted by Crippen LogP contribution is -2.22. The second-order valence-electron chi connectivity index (χ2n) is 8.55. The highest BCUT2D eigenvalue weighted by atomic mass is 32.2. The number of para-hydroxylation sites is 1. The molecule has 9 heteroatoms. The molecule has 1 aliphatic rings. The molecule has 4 aromatic rings. The summed E-state index contributed by atoms with van der Waals surface area (Å²) in [5.41, 5.74) is 3.25. The minimum atomic E-state index is -0.213. The Balaban J connectivity index is 1.44. The number of amides is 1. The van der Waals surface area contributed by atoms with Gasteiger partial charge in [-0.25, -0.2) is 4.98 Å². The molecule has 35 heavy (non-hydrogen) atoms. The van der Waals surface area contributed by atoms with Crippen molar-refractivity contribution in [1.82, 2.24) is 9.55 Å². The number of carbonyl (C=O) groups excluding carboxylic acids is 1. The van der Waals surface area contributed by atoms with E-state index in [9.17, 15) is 14.9 Å². The first kappa shape index (κ1) is 23.8. The van der Waals surface area contributed by atoms with Gasteiger partial charge < -0.3 is 5.32 Å². The van der Waals surface area contributed by atoms with E-state index in [2.05, 4.69) is 11.4 Å². The highest BCUT2D eigenvalue weighted by Gasteiger charge is 2.22. The molecule has 0 bridgehead atoms. The number of thiophene rings is 2. The number of aryl methyl sites for hydroxylation is 3. The molecule has 0 saturated heterocycles. The molecule has 0 spiro atoms. The van der Waals surface area contributed by atoms with Crippen molar-refractivity contribution in [2.45, 2.75) is 51.1 Å². The van der Waals surface area contributed by atoms with Crippen LogP contribution in [0.25, 0.3) is 15.9 Å². The molecule has 178 valence electrons. The number of aromatic nitrogens is 2. The van der Waals surface area contributed by atoms with Crippen LogP contribution in [-0.2, 0) is 17.6 Å². The van der Waals surface area contributed by atoms with Crippen molar-refractivity contribution in [3.63, 3.8) is 0 Å². The van der Waals surface area contributed by atoms with Crippen LogP contribution in [0.5, 0.6) is 0 Å². The molecule has 0 fully saturated rings. The third kappa shape index (κ3) is 4.54. The molecule has 5 rings (SSSR count). The van der Waals surface area contributed by atoms with Crippen LogP contribution in [-0.4, -0.2) is 21.2 Å². The second kappa shape index (κ2) is 9.97. The summed E-state index contributed by atoms with van der Waals surface area (Å²) in [6, 6.07) is 11.7. The third-order valence-corrected chi connectivity index (χ3v) is 9.55. The van der Waals surface area contributed by atoms with Crippen LogP contribution < -0.4 is 10.9 Å². The van der Waals surface area contributed by atoms with Gasteiger partial charge in [-0.3, -0.25) is 14.2 Å². The number of thioether (sulfide) groups is 1. The van der Waals surface area contributed by atoms with E-state index < -0.39 is 0 Å². The van der Waals surface area contributed by atoms with Crippen molar-refractivity contribution >= 4 is 55.6 Å². The minimum absolute atomic E-state index is 0.0849. The van der Waals surface area contributed by atoms with E-state index >= 15 is 0 Å². The van der Waals surface area contributed by atoms with Gasteiger partial charge in [-0.05, 0) is 62.8 Å². The Kier molecular flexibility index (Phi) is 6.78. The smallest absolute Gasteiger partial charge is 0.267 e. The van der Waals surface area contributed by atoms with Crippen molar-refractivity contribution in [3.8, 4) is 11.8 Å². The molecule has 1 aliphatic carbocycles. The van der Waals surface area contributed by atoms with E-state index in [1.807, 2.05) is 44.2 Å². The van der Waals surface area contributed by atoms with Crippen molar-refractivity contribution in [1.29, 1.82) is 5.26 Å². The lowest BCUT2D eigenvalue weighted by atomic mass is 10.1. The number of carbonyl (C=O) groups is 1. The summed E-state index contributed by atoms with van der Waals surface area (Å²) >= 11 is 4.26. The fourth-order valence-electron chi connectivity index (χ4n) is 4.42. The molecular formula is C26H24N4O2S3. The van der Waals surface area contributed by atoms with Gasteiger partial charge in [0.2, 0.25) is 5.91 Å². The number of nitrogens with one attached hydrogen (secondary N) is 1. The average molecular weight is 521 g/mol. The Labute approximate surface area is 215 Å².